The zero-order valence-electron chi connectivity index (χ0n) is 40.9. The molecular formula is C56H76O10. The molecule has 0 bridgehead atoms. The molecule has 66 heavy (non-hydrogen) atoms. The number of carbonyl (C=O) groups is 4. The third kappa shape index (κ3) is 13.5. The number of carbonyl (C=O) groups excluding carboxylic acids is 4. The van der Waals surface area contributed by atoms with E-state index in [2.05, 4.69) is 27.7 Å². The second-order valence-corrected chi connectivity index (χ2v) is 17.6. The first-order valence-corrected chi connectivity index (χ1v) is 25.6. The van der Waals surface area contributed by atoms with Crippen molar-refractivity contribution in [1.82, 2.24) is 0 Å². The van der Waals surface area contributed by atoms with E-state index in [0.29, 0.717) is 92.8 Å². The van der Waals surface area contributed by atoms with Gasteiger partial charge in [0, 0.05) is 57.3 Å². The number of ether oxygens (including phenoxy) is 6. The first kappa shape index (κ1) is 51.9. The second-order valence-electron chi connectivity index (χ2n) is 17.6. The molecule has 5 rings (SSSR count). The lowest BCUT2D eigenvalue weighted by atomic mass is 9.90. The maximum absolute atomic E-state index is 14.1. The van der Waals surface area contributed by atoms with Crippen LogP contribution in [0.3, 0.4) is 0 Å². The van der Waals surface area contributed by atoms with Crippen LogP contribution in [0, 0.1) is 20.9 Å². The highest BCUT2D eigenvalue weighted by Gasteiger charge is 2.32. The van der Waals surface area contributed by atoms with Crippen molar-refractivity contribution >= 4 is 45.4 Å². The summed E-state index contributed by atoms with van der Waals surface area (Å²) in [6, 6.07) is 10.9. The zero-order valence-corrected chi connectivity index (χ0v) is 40.9. The van der Waals surface area contributed by atoms with E-state index in [-0.39, 0.29) is 48.7 Å². The van der Waals surface area contributed by atoms with Gasteiger partial charge in [-0.15, -0.1) is 0 Å². The molecular weight excluding hydrogens is 833 g/mol. The smallest absolute Gasteiger partial charge is 0.311 e. The quantitative estimate of drug-likeness (QED) is 0.0234. The van der Waals surface area contributed by atoms with Crippen LogP contribution in [0.4, 0.5) is 0 Å². The van der Waals surface area contributed by atoms with Crippen molar-refractivity contribution in [3.8, 4) is 34.5 Å². The van der Waals surface area contributed by atoms with Crippen molar-refractivity contribution in [2.24, 2.45) is 0 Å². The number of hydrogen-bond donors (Lipinski definition) is 0. The van der Waals surface area contributed by atoms with E-state index >= 15 is 0 Å². The molecule has 1 aliphatic carbocycles. The van der Waals surface area contributed by atoms with Crippen molar-refractivity contribution in [3.63, 3.8) is 0 Å². The number of fused-ring (bicyclic) bond motifs is 4. The summed E-state index contributed by atoms with van der Waals surface area (Å²) in [5.41, 5.74) is 0. The molecule has 10 heteroatoms. The van der Waals surface area contributed by atoms with E-state index < -0.39 is 23.9 Å². The highest BCUT2D eigenvalue weighted by atomic mass is 16.6. The first-order valence-electron chi connectivity index (χ1n) is 25.6. The third-order valence-electron chi connectivity index (χ3n) is 12.3. The lowest BCUT2D eigenvalue weighted by Crippen LogP contribution is -2.16. The van der Waals surface area contributed by atoms with E-state index in [1.807, 2.05) is 38.1 Å². The van der Waals surface area contributed by atoms with Gasteiger partial charge in [0.15, 0.2) is 11.5 Å². The summed E-state index contributed by atoms with van der Waals surface area (Å²) in [5.74, 6) is 0.0550. The van der Waals surface area contributed by atoms with Gasteiger partial charge >= 0.3 is 23.9 Å². The zero-order chi connectivity index (χ0) is 47.3. The van der Waals surface area contributed by atoms with Crippen LogP contribution in [0.15, 0.2) is 36.4 Å². The Morgan fingerprint density at radius 1 is 0.348 bits per heavy atom. The Labute approximate surface area is 392 Å². The fourth-order valence-corrected chi connectivity index (χ4v) is 8.89. The SMILES string of the molecule is CCCCCCCC(=O)Oc1c2c(c(OC(=O)CCCCCCC)c3c(OCC)cccc13)=c1c(OC(=O)CCCCCCC)c3c(OCC)cccc3c(OC(=O)CCCCCCC)c1=2. The van der Waals surface area contributed by atoms with Crippen LogP contribution in [0.1, 0.15) is 196 Å². The van der Waals surface area contributed by atoms with Crippen molar-refractivity contribution in [2.45, 2.75) is 196 Å². The Bertz CT molecular complexity index is 2290. The summed E-state index contributed by atoms with van der Waals surface area (Å²) < 4.78 is 38.5. The van der Waals surface area contributed by atoms with Gasteiger partial charge in [0.2, 0.25) is 0 Å². The fourth-order valence-electron chi connectivity index (χ4n) is 8.89. The van der Waals surface area contributed by atoms with Gasteiger partial charge in [-0.3, -0.25) is 19.2 Å². The number of hydrogen-bond acceptors (Lipinski definition) is 10. The number of benzene rings is 4. The number of esters is 4. The summed E-state index contributed by atoms with van der Waals surface area (Å²) in [6.45, 7) is 13.0. The average Bonchev–Trinajstić information content (AvgIpc) is 3.29. The molecule has 0 aromatic heterocycles. The molecule has 0 spiro atoms. The fraction of sp³-hybridized carbons (Fsp3) is 0.571. The third-order valence-corrected chi connectivity index (χ3v) is 12.3. The standard InChI is InChI=1S/C56H76O10/c1-7-13-17-21-25-35-43(57)63-53-39-31-29-33-41(61-11-5)47(39)55(65-45(59)37-27-23-19-15-9-3)51-49(53)50-52(51)56(66-46(60)38-28-24-20-16-10-4)48-40(32-30-34-42(48)62-12-6)54(50)64-44(58)36-26-22-18-14-8-2/h29-34H,7-28,35-38H2,1-6H3. The molecule has 0 aliphatic heterocycles. The first-order chi connectivity index (χ1) is 32.2. The highest BCUT2D eigenvalue weighted by molar-refractivity contribution is 6.04. The molecule has 0 saturated heterocycles. The molecule has 0 N–H and O–H groups in total. The Balaban J connectivity index is 1.88. The second kappa shape index (κ2) is 27.5. The molecule has 10 nitrogen and oxygen atoms in total. The predicted molar refractivity (Wildman–Crippen MR) is 262 cm³/mol. The van der Waals surface area contributed by atoms with Crippen LogP contribution < -0.4 is 28.4 Å². The van der Waals surface area contributed by atoms with Gasteiger partial charge in [0.25, 0.3) is 0 Å². The van der Waals surface area contributed by atoms with Gasteiger partial charge in [-0.1, -0.05) is 155 Å². The Morgan fingerprint density at radius 3 is 0.909 bits per heavy atom. The summed E-state index contributed by atoms with van der Waals surface area (Å²) in [4.78, 5) is 56.2. The molecule has 4 aromatic rings. The Morgan fingerprint density at radius 2 is 0.621 bits per heavy atom. The Hall–Kier alpha value is -5.12. The molecule has 0 saturated carbocycles. The van der Waals surface area contributed by atoms with Crippen molar-refractivity contribution in [1.29, 1.82) is 0 Å². The molecule has 0 unspecified atom stereocenters. The van der Waals surface area contributed by atoms with E-state index in [1.165, 1.54) is 0 Å². The molecule has 4 aromatic carbocycles. The van der Waals surface area contributed by atoms with Gasteiger partial charge in [-0.05, 0) is 51.7 Å². The van der Waals surface area contributed by atoms with Crippen LogP contribution in [0.25, 0.3) is 21.5 Å². The minimum absolute atomic E-state index is 0.186. The number of rotatable bonds is 32. The summed E-state index contributed by atoms with van der Waals surface area (Å²) in [7, 11) is 0. The van der Waals surface area contributed by atoms with E-state index in [4.69, 9.17) is 28.4 Å². The van der Waals surface area contributed by atoms with Gasteiger partial charge in [-0.2, -0.15) is 0 Å². The van der Waals surface area contributed by atoms with Crippen LogP contribution in [-0.2, 0) is 19.2 Å². The van der Waals surface area contributed by atoms with Gasteiger partial charge in [0.1, 0.15) is 23.0 Å². The largest absolute Gasteiger partial charge is 0.493 e. The molecule has 0 fully saturated rings. The number of unbranched alkanes of at least 4 members (excludes halogenated alkanes) is 16. The van der Waals surface area contributed by atoms with Gasteiger partial charge < -0.3 is 28.4 Å². The van der Waals surface area contributed by atoms with E-state index in [1.54, 1.807) is 12.1 Å². The highest BCUT2D eigenvalue weighted by Crippen LogP contribution is 2.51. The van der Waals surface area contributed by atoms with E-state index in [9.17, 15) is 19.2 Å². The van der Waals surface area contributed by atoms with Crippen LogP contribution in [0.2, 0.25) is 0 Å². The summed E-state index contributed by atoms with van der Waals surface area (Å²) in [5, 5.41) is 3.58. The topological polar surface area (TPSA) is 124 Å². The lowest BCUT2D eigenvalue weighted by molar-refractivity contribution is -0.135. The van der Waals surface area contributed by atoms with Crippen LogP contribution in [-0.4, -0.2) is 37.1 Å². The summed E-state index contributed by atoms with van der Waals surface area (Å²) in [6.07, 6.45) is 19.8. The lowest BCUT2D eigenvalue weighted by Gasteiger charge is -2.24. The molecule has 0 amide bonds. The average molecular weight is 909 g/mol. The van der Waals surface area contributed by atoms with Crippen molar-refractivity contribution in [3.05, 3.63) is 57.3 Å². The minimum Gasteiger partial charge on any atom is -0.493 e. The molecule has 360 valence electrons. The summed E-state index contributed by atoms with van der Waals surface area (Å²) >= 11 is 0. The maximum Gasteiger partial charge on any atom is 0.311 e. The molecule has 0 radical (unpaired) electrons. The Kier molecular flexibility index (Phi) is 21.6. The molecule has 0 atom stereocenters. The monoisotopic (exact) mass is 909 g/mol. The molecule has 1 aliphatic rings. The van der Waals surface area contributed by atoms with Gasteiger partial charge in [0.05, 0.1) is 24.0 Å². The normalized spacial score (nSPS) is 11.5. The van der Waals surface area contributed by atoms with Crippen LogP contribution >= 0.6 is 0 Å². The maximum atomic E-state index is 14.1. The van der Waals surface area contributed by atoms with Crippen molar-refractivity contribution in [2.75, 3.05) is 13.2 Å². The van der Waals surface area contributed by atoms with Crippen molar-refractivity contribution < 1.29 is 47.6 Å². The van der Waals surface area contributed by atoms with Crippen LogP contribution in [0.5, 0.6) is 34.5 Å². The van der Waals surface area contributed by atoms with Gasteiger partial charge in [-0.25, -0.2) is 0 Å². The minimum atomic E-state index is -0.428. The predicted octanol–water partition coefficient (Wildman–Crippen LogP) is 14.7. The van der Waals surface area contributed by atoms with E-state index in [0.717, 1.165) is 103 Å². The molecule has 0 heterocycles.